The summed E-state index contributed by atoms with van der Waals surface area (Å²) in [5, 5.41) is 2.84. The van der Waals surface area contributed by atoms with Gasteiger partial charge in [0.25, 0.3) is 5.91 Å². The SMILES string of the molecule is COc1ccc(C(=O)NCCCOCC2CC2)c(N)c1. The average molecular weight is 278 g/mol. The zero-order valence-corrected chi connectivity index (χ0v) is 11.9. The van der Waals surface area contributed by atoms with Crippen LogP contribution in [0.5, 0.6) is 5.75 Å². The maximum Gasteiger partial charge on any atom is 0.253 e. The van der Waals surface area contributed by atoms with Crippen molar-refractivity contribution in [1.29, 1.82) is 0 Å². The summed E-state index contributed by atoms with van der Waals surface area (Å²) in [5.74, 6) is 1.27. The van der Waals surface area contributed by atoms with Gasteiger partial charge in [-0.2, -0.15) is 0 Å². The Hall–Kier alpha value is -1.75. The Balaban J connectivity index is 1.68. The fraction of sp³-hybridized carbons (Fsp3) is 0.533. The summed E-state index contributed by atoms with van der Waals surface area (Å²) in [7, 11) is 1.57. The van der Waals surface area contributed by atoms with Gasteiger partial charge in [-0.1, -0.05) is 0 Å². The quantitative estimate of drug-likeness (QED) is 0.562. The molecule has 1 aliphatic rings. The van der Waals surface area contributed by atoms with E-state index < -0.39 is 0 Å². The van der Waals surface area contributed by atoms with Crippen LogP contribution in [0.25, 0.3) is 0 Å². The highest BCUT2D eigenvalue weighted by Crippen LogP contribution is 2.28. The van der Waals surface area contributed by atoms with E-state index in [1.165, 1.54) is 12.8 Å². The van der Waals surface area contributed by atoms with Gasteiger partial charge >= 0.3 is 0 Å². The Bertz CT molecular complexity index is 458. The van der Waals surface area contributed by atoms with Crippen molar-refractivity contribution in [3.8, 4) is 5.75 Å². The number of methoxy groups -OCH3 is 1. The predicted molar refractivity (Wildman–Crippen MR) is 77.9 cm³/mol. The molecule has 0 spiro atoms. The number of benzene rings is 1. The molecule has 0 aliphatic heterocycles. The molecule has 3 N–H and O–H groups in total. The molecule has 1 aromatic rings. The lowest BCUT2D eigenvalue weighted by Gasteiger charge is -2.09. The van der Waals surface area contributed by atoms with Gasteiger partial charge in [-0.15, -0.1) is 0 Å². The van der Waals surface area contributed by atoms with Gasteiger partial charge in [-0.3, -0.25) is 4.79 Å². The zero-order chi connectivity index (χ0) is 14.4. The van der Waals surface area contributed by atoms with Crippen molar-refractivity contribution in [2.24, 2.45) is 5.92 Å². The minimum absolute atomic E-state index is 0.160. The Morgan fingerprint density at radius 3 is 2.90 bits per heavy atom. The number of carbonyl (C=O) groups excluding carboxylic acids is 1. The highest BCUT2D eigenvalue weighted by molar-refractivity contribution is 5.99. The minimum Gasteiger partial charge on any atom is -0.497 e. The number of hydrogen-bond donors (Lipinski definition) is 2. The van der Waals surface area contributed by atoms with Crippen LogP contribution < -0.4 is 15.8 Å². The molecule has 0 unspecified atom stereocenters. The molecule has 0 bridgehead atoms. The summed E-state index contributed by atoms with van der Waals surface area (Å²) in [6, 6.07) is 5.05. The fourth-order valence-corrected chi connectivity index (χ4v) is 1.88. The molecule has 5 heteroatoms. The van der Waals surface area contributed by atoms with Crippen LogP contribution in [0.15, 0.2) is 18.2 Å². The van der Waals surface area contributed by atoms with E-state index in [9.17, 15) is 4.79 Å². The molecule has 0 heterocycles. The topological polar surface area (TPSA) is 73.6 Å². The molecule has 1 fully saturated rings. The van der Waals surface area contributed by atoms with Crippen LogP contribution >= 0.6 is 0 Å². The van der Waals surface area contributed by atoms with E-state index in [2.05, 4.69) is 5.32 Å². The second-order valence-electron chi connectivity index (χ2n) is 5.08. The van der Waals surface area contributed by atoms with Crippen molar-refractivity contribution in [3.63, 3.8) is 0 Å². The molecule has 110 valence electrons. The Labute approximate surface area is 119 Å². The third-order valence-electron chi connectivity index (χ3n) is 3.30. The summed E-state index contributed by atoms with van der Waals surface area (Å²) in [5.41, 5.74) is 6.72. The van der Waals surface area contributed by atoms with E-state index in [0.29, 0.717) is 30.2 Å². The van der Waals surface area contributed by atoms with Gasteiger partial charge in [0.15, 0.2) is 0 Å². The third kappa shape index (κ3) is 4.42. The maximum absolute atomic E-state index is 11.9. The number of ether oxygens (including phenoxy) is 2. The number of anilines is 1. The van der Waals surface area contributed by atoms with Crippen LogP contribution in [0.1, 0.15) is 29.6 Å². The first-order valence-corrected chi connectivity index (χ1v) is 7.00. The van der Waals surface area contributed by atoms with E-state index in [4.69, 9.17) is 15.2 Å². The molecule has 2 rings (SSSR count). The maximum atomic E-state index is 11.9. The fourth-order valence-electron chi connectivity index (χ4n) is 1.88. The lowest BCUT2D eigenvalue weighted by atomic mass is 10.1. The van der Waals surface area contributed by atoms with Crippen LogP contribution in [0.4, 0.5) is 5.69 Å². The Kier molecular flexibility index (Phi) is 5.24. The highest BCUT2D eigenvalue weighted by Gasteiger charge is 2.20. The molecule has 0 atom stereocenters. The first-order valence-electron chi connectivity index (χ1n) is 7.00. The third-order valence-corrected chi connectivity index (χ3v) is 3.30. The van der Waals surface area contributed by atoms with E-state index in [1.54, 1.807) is 25.3 Å². The molecular weight excluding hydrogens is 256 g/mol. The largest absolute Gasteiger partial charge is 0.497 e. The van der Waals surface area contributed by atoms with Crippen LogP contribution in [0.2, 0.25) is 0 Å². The van der Waals surface area contributed by atoms with Crippen LogP contribution in [0, 0.1) is 5.92 Å². The first-order chi connectivity index (χ1) is 9.70. The van der Waals surface area contributed by atoms with Gasteiger partial charge in [0.1, 0.15) is 5.75 Å². The van der Waals surface area contributed by atoms with Crippen LogP contribution in [0.3, 0.4) is 0 Å². The number of amides is 1. The van der Waals surface area contributed by atoms with Crippen molar-refractivity contribution in [3.05, 3.63) is 23.8 Å². The highest BCUT2D eigenvalue weighted by atomic mass is 16.5. The van der Waals surface area contributed by atoms with Gasteiger partial charge < -0.3 is 20.5 Å². The number of nitrogen functional groups attached to an aromatic ring is 1. The number of carbonyl (C=O) groups is 1. The van der Waals surface area contributed by atoms with E-state index in [0.717, 1.165) is 18.9 Å². The van der Waals surface area contributed by atoms with Crippen molar-refractivity contribution in [2.45, 2.75) is 19.3 Å². The molecule has 5 nitrogen and oxygen atoms in total. The summed E-state index contributed by atoms with van der Waals surface area (Å²) in [4.78, 5) is 11.9. The second-order valence-corrected chi connectivity index (χ2v) is 5.08. The minimum atomic E-state index is -0.160. The van der Waals surface area contributed by atoms with Gasteiger partial charge in [0, 0.05) is 31.5 Å². The van der Waals surface area contributed by atoms with Crippen molar-refractivity contribution >= 4 is 11.6 Å². The lowest BCUT2D eigenvalue weighted by Crippen LogP contribution is -2.26. The van der Waals surface area contributed by atoms with E-state index in [-0.39, 0.29) is 5.91 Å². The van der Waals surface area contributed by atoms with Crippen LogP contribution in [-0.2, 0) is 4.74 Å². The molecule has 1 aromatic carbocycles. The normalized spacial score (nSPS) is 14.1. The van der Waals surface area contributed by atoms with Gasteiger partial charge in [0.05, 0.1) is 12.7 Å². The molecule has 20 heavy (non-hydrogen) atoms. The van der Waals surface area contributed by atoms with Crippen molar-refractivity contribution < 1.29 is 14.3 Å². The monoisotopic (exact) mass is 278 g/mol. The predicted octanol–water partition coefficient (Wildman–Crippen LogP) is 1.82. The Morgan fingerprint density at radius 2 is 2.25 bits per heavy atom. The van der Waals surface area contributed by atoms with Crippen molar-refractivity contribution in [1.82, 2.24) is 5.32 Å². The molecular formula is C15H22N2O3. The Morgan fingerprint density at radius 1 is 1.45 bits per heavy atom. The van der Waals surface area contributed by atoms with Crippen molar-refractivity contribution in [2.75, 3.05) is 32.6 Å². The molecule has 0 aromatic heterocycles. The van der Waals surface area contributed by atoms with Gasteiger partial charge in [-0.25, -0.2) is 0 Å². The molecule has 1 aliphatic carbocycles. The molecule has 0 saturated heterocycles. The molecule has 1 amide bonds. The number of nitrogens with two attached hydrogens (primary N) is 1. The number of rotatable bonds is 8. The molecule has 0 radical (unpaired) electrons. The van der Waals surface area contributed by atoms with E-state index in [1.807, 2.05) is 0 Å². The van der Waals surface area contributed by atoms with Gasteiger partial charge in [-0.05, 0) is 37.3 Å². The summed E-state index contributed by atoms with van der Waals surface area (Å²) < 4.78 is 10.6. The lowest BCUT2D eigenvalue weighted by molar-refractivity contribution is 0.0938. The van der Waals surface area contributed by atoms with E-state index >= 15 is 0 Å². The average Bonchev–Trinajstić information content (AvgIpc) is 3.26. The van der Waals surface area contributed by atoms with Gasteiger partial charge in [0.2, 0.25) is 0 Å². The number of hydrogen-bond acceptors (Lipinski definition) is 4. The standard InChI is InChI=1S/C15H22N2O3/c1-19-12-5-6-13(14(16)9-12)15(18)17-7-2-8-20-10-11-3-4-11/h5-6,9,11H,2-4,7-8,10,16H2,1H3,(H,17,18). The summed E-state index contributed by atoms with van der Waals surface area (Å²) in [6.07, 6.45) is 3.41. The summed E-state index contributed by atoms with van der Waals surface area (Å²) in [6.45, 7) is 2.14. The summed E-state index contributed by atoms with van der Waals surface area (Å²) >= 11 is 0. The second kappa shape index (κ2) is 7.14. The smallest absolute Gasteiger partial charge is 0.253 e. The zero-order valence-electron chi connectivity index (χ0n) is 11.9. The first kappa shape index (κ1) is 14.7. The molecule has 1 saturated carbocycles. The van der Waals surface area contributed by atoms with Crippen LogP contribution in [-0.4, -0.2) is 32.8 Å². The number of nitrogens with one attached hydrogen (secondary N) is 1.